The maximum Gasteiger partial charge on any atom is 0.0960 e. The van der Waals surface area contributed by atoms with Gasteiger partial charge in [-0.3, -0.25) is 4.98 Å². The molecule has 0 amide bonds. The zero-order valence-electron chi connectivity index (χ0n) is 9.34. The van der Waals surface area contributed by atoms with Gasteiger partial charge in [0.2, 0.25) is 0 Å². The molecular formula is C12H14N2OS. The summed E-state index contributed by atoms with van der Waals surface area (Å²) in [7, 11) is 0. The minimum atomic E-state index is -0.493. The third-order valence-electron chi connectivity index (χ3n) is 2.53. The van der Waals surface area contributed by atoms with Crippen molar-refractivity contribution in [1.29, 1.82) is 0 Å². The summed E-state index contributed by atoms with van der Waals surface area (Å²) in [6.07, 6.45) is 3.46. The molecule has 16 heavy (non-hydrogen) atoms. The van der Waals surface area contributed by atoms with Crippen molar-refractivity contribution in [2.75, 3.05) is 0 Å². The van der Waals surface area contributed by atoms with Gasteiger partial charge in [0.1, 0.15) is 0 Å². The first-order valence-corrected chi connectivity index (χ1v) is 5.99. The fraction of sp³-hybridized carbons (Fsp3) is 0.333. The van der Waals surface area contributed by atoms with Crippen molar-refractivity contribution in [1.82, 2.24) is 9.97 Å². The maximum absolute atomic E-state index is 10.0. The van der Waals surface area contributed by atoms with Crippen LogP contribution in [0.5, 0.6) is 0 Å². The van der Waals surface area contributed by atoms with Crippen molar-refractivity contribution in [3.63, 3.8) is 0 Å². The summed E-state index contributed by atoms with van der Waals surface area (Å²) in [5.74, 6) is 0. The molecule has 2 aromatic heterocycles. The van der Waals surface area contributed by atoms with Crippen LogP contribution in [0.25, 0.3) is 0 Å². The predicted molar refractivity (Wildman–Crippen MR) is 64.5 cm³/mol. The van der Waals surface area contributed by atoms with E-state index in [4.69, 9.17) is 0 Å². The zero-order chi connectivity index (χ0) is 11.5. The number of hydrogen-bond donors (Lipinski definition) is 1. The van der Waals surface area contributed by atoms with Gasteiger partial charge in [-0.1, -0.05) is 0 Å². The van der Waals surface area contributed by atoms with Gasteiger partial charge in [-0.25, -0.2) is 4.98 Å². The molecule has 0 saturated carbocycles. The molecular weight excluding hydrogens is 220 g/mol. The Morgan fingerprint density at radius 2 is 2.00 bits per heavy atom. The first-order valence-electron chi connectivity index (χ1n) is 5.17. The number of nitrogens with zero attached hydrogens (tertiary/aromatic N) is 2. The Bertz CT molecular complexity index is 448. The minimum Gasteiger partial charge on any atom is -0.388 e. The van der Waals surface area contributed by atoms with Crippen molar-refractivity contribution in [3.05, 3.63) is 45.7 Å². The average Bonchev–Trinajstić information content (AvgIpc) is 2.59. The van der Waals surface area contributed by atoms with Gasteiger partial charge in [0, 0.05) is 23.7 Å². The number of hydrogen-bond acceptors (Lipinski definition) is 4. The first kappa shape index (κ1) is 11.2. The van der Waals surface area contributed by atoms with Crippen LogP contribution in [0.4, 0.5) is 0 Å². The van der Waals surface area contributed by atoms with Crippen LogP contribution in [0.3, 0.4) is 0 Å². The molecule has 2 heterocycles. The van der Waals surface area contributed by atoms with E-state index in [2.05, 4.69) is 16.9 Å². The molecule has 4 heteroatoms. The van der Waals surface area contributed by atoms with Crippen LogP contribution in [-0.2, 0) is 6.42 Å². The fourth-order valence-corrected chi connectivity index (χ4v) is 2.47. The van der Waals surface area contributed by atoms with E-state index < -0.39 is 6.10 Å². The number of aliphatic hydroxyl groups excluding tert-OH is 1. The van der Waals surface area contributed by atoms with Gasteiger partial charge in [0.25, 0.3) is 0 Å². The van der Waals surface area contributed by atoms with Crippen LogP contribution in [-0.4, -0.2) is 15.1 Å². The van der Waals surface area contributed by atoms with Gasteiger partial charge in [-0.2, -0.15) is 0 Å². The second-order valence-corrected chi connectivity index (χ2v) is 5.04. The number of aromatic nitrogens is 2. The van der Waals surface area contributed by atoms with E-state index in [0.717, 1.165) is 16.3 Å². The molecule has 0 bridgehead atoms. The predicted octanol–water partition coefficient (Wildman–Crippen LogP) is 2.43. The topological polar surface area (TPSA) is 46.0 Å². The molecule has 1 atom stereocenters. The van der Waals surface area contributed by atoms with Crippen LogP contribution in [0, 0.1) is 13.8 Å². The number of pyridine rings is 1. The van der Waals surface area contributed by atoms with E-state index >= 15 is 0 Å². The Balaban J connectivity index is 2.11. The van der Waals surface area contributed by atoms with Crippen molar-refractivity contribution in [2.45, 2.75) is 26.4 Å². The summed E-state index contributed by atoms with van der Waals surface area (Å²) >= 11 is 1.65. The largest absolute Gasteiger partial charge is 0.388 e. The van der Waals surface area contributed by atoms with Crippen LogP contribution >= 0.6 is 11.3 Å². The van der Waals surface area contributed by atoms with E-state index in [-0.39, 0.29) is 0 Å². The Morgan fingerprint density at radius 1 is 1.31 bits per heavy atom. The summed E-state index contributed by atoms with van der Waals surface area (Å²) in [6.45, 7) is 4.05. The van der Waals surface area contributed by atoms with Gasteiger partial charge in [0.05, 0.1) is 16.8 Å². The average molecular weight is 234 g/mol. The van der Waals surface area contributed by atoms with Gasteiger partial charge >= 0.3 is 0 Å². The third-order valence-corrected chi connectivity index (χ3v) is 3.63. The van der Waals surface area contributed by atoms with Gasteiger partial charge < -0.3 is 5.11 Å². The van der Waals surface area contributed by atoms with Crippen molar-refractivity contribution < 1.29 is 5.11 Å². The molecule has 1 unspecified atom stereocenters. The van der Waals surface area contributed by atoms with Crippen LogP contribution in [0.1, 0.15) is 27.2 Å². The molecule has 0 spiro atoms. The quantitative estimate of drug-likeness (QED) is 0.887. The van der Waals surface area contributed by atoms with E-state index in [1.54, 1.807) is 23.7 Å². The normalized spacial score (nSPS) is 12.7. The number of thiazole rings is 1. The van der Waals surface area contributed by atoms with Crippen molar-refractivity contribution in [2.24, 2.45) is 0 Å². The lowest BCUT2D eigenvalue weighted by Gasteiger charge is -2.07. The number of rotatable bonds is 3. The molecule has 0 saturated heterocycles. The fourth-order valence-electron chi connectivity index (χ4n) is 1.50. The third kappa shape index (κ3) is 2.46. The molecule has 0 aliphatic carbocycles. The Labute approximate surface area is 98.8 Å². The summed E-state index contributed by atoms with van der Waals surface area (Å²) in [6, 6.07) is 3.66. The summed E-state index contributed by atoms with van der Waals surface area (Å²) in [4.78, 5) is 9.57. The second-order valence-electron chi connectivity index (χ2n) is 3.75. The molecule has 2 rings (SSSR count). The second kappa shape index (κ2) is 4.72. The van der Waals surface area contributed by atoms with Gasteiger partial charge in [0.15, 0.2) is 0 Å². The SMILES string of the molecule is Cc1nc(CC(O)c2ccncc2)sc1C. The molecule has 0 aromatic carbocycles. The highest BCUT2D eigenvalue weighted by Crippen LogP contribution is 2.22. The molecule has 0 fully saturated rings. The van der Waals surface area contributed by atoms with Crippen LogP contribution in [0.2, 0.25) is 0 Å². The van der Waals surface area contributed by atoms with Gasteiger partial charge in [-0.05, 0) is 31.5 Å². The highest BCUT2D eigenvalue weighted by molar-refractivity contribution is 7.11. The Hall–Kier alpha value is -1.26. The Morgan fingerprint density at radius 3 is 2.56 bits per heavy atom. The lowest BCUT2D eigenvalue weighted by atomic mass is 10.1. The minimum absolute atomic E-state index is 0.493. The first-order chi connectivity index (χ1) is 7.66. The molecule has 1 N–H and O–H groups in total. The summed E-state index contributed by atoms with van der Waals surface area (Å²) < 4.78 is 0. The van der Waals surface area contributed by atoms with Gasteiger partial charge in [-0.15, -0.1) is 11.3 Å². The van der Waals surface area contributed by atoms with Crippen molar-refractivity contribution >= 4 is 11.3 Å². The maximum atomic E-state index is 10.0. The zero-order valence-corrected chi connectivity index (χ0v) is 10.2. The molecule has 3 nitrogen and oxygen atoms in total. The standard InChI is InChI=1S/C12H14N2OS/c1-8-9(2)16-12(14-8)7-11(15)10-3-5-13-6-4-10/h3-6,11,15H,7H2,1-2H3. The molecule has 0 radical (unpaired) electrons. The highest BCUT2D eigenvalue weighted by atomic mass is 32.1. The van der Waals surface area contributed by atoms with E-state index in [1.165, 1.54) is 4.88 Å². The Kier molecular flexibility index (Phi) is 3.31. The van der Waals surface area contributed by atoms with Crippen LogP contribution in [0.15, 0.2) is 24.5 Å². The van der Waals surface area contributed by atoms with Crippen molar-refractivity contribution in [3.8, 4) is 0 Å². The molecule has 84 valence electrons. The number of aliphatic hydroxyl groups is 1. The number of aryl methyl sites for hydroxylation is 2. The molecule has 2 aromatic rings. The van der Waals surface area contributed by atoms with E-state index in [0.29, 0.717) is 6.42 Å². The monoisotopic (exact) mass is 234 g/mol. The summed E-state index contributed by atoms with van der Waals surface area (Å²) in [5.41, 5.74) is 1.95. The van der Waals surface area contributed by atoms with E-state index in [9.17, 15) is 5.11 Å². The van der Waals surface area contributed by atoms with E-state index in [1.807, 2.05) is 19.1 Å². The molecule has 0 aliphatic heterocycles. The summed E-state index contributed by atoms with van der Waals surface area (Å²) in [5, 5.41) is 11.0. The molecule has 0 aliphatic rings. The smallest absolute Gasteiger partial charge is 0.0960 e. The highest BCUT2D eigenvalue weighted by Gasteiger charge is 2.11. The lowest BCUT2D eigenvalue weighted by Crippen LogP contribution is -2.01. The van der Waals surface area contributed by atoms with Crippen LogP contribution < -0.4 is 0 Å². The lowest BCUT2D eigenvalue weighted by molar-refractivity contribution is 0.178.